The van der Waals surface area contributed by atoms with Crippen LogP contribution in [0.15, 0.2) is 224 Å². The zero-order valence-corrected chi connectivity index (χ0v) is 37.5. The van der Waals surface area contributed by atoms with Crippen molar-refractivity contribution in [3.8, 4) is 33.4 Å². The maximum Gasteiger partial charge on any atom is 0.0488 e. The second kappa shape index (κ2) is 15.5. The summed E-state index contributed by atoms with van der Waals surface area (Å²) in [6.07, 6.45) is 0. The van der Waals surface area contributed by atoms with Gasteiger partial charge >= 0.3 is 0 Å². The van der Waals surface area contributed by atoms with Crippen molar-refractivity contribution in [2.75, 3.05) is 9.80 Å². The molecule has 0 radical (unpaired) electrons. The highest BCUT2D eigenvalue weighted by Crippen LogP contribution is 2.54. The Labute approximate surface area is 384 Å². The predicted molar refractivity (Wildman–Crippen MR) is 279 cm³/mol. The highest BCUT2D eigenvalue weighted by molar-refractivity contribution is 7.25. The maximum atomic E-state index is 2.50. The van der Waals surface area contributed by atoms with Gasteiger partial charge in [-0.2, -0.15) is 0 Å². The van der Waals surface area contributed by atoms with Crippen LogP contribution < -0.4 is 9.80 Å². The monoisotopic (exact) mass is 850 g/mol. The van der Waals surface area contributed by atoms with Crippen LogP contribution in [0.5, 0.6) is 0 Å². The molecule has 1 aliphatic rings. The average Bonchev–Trinajstić information content (AvgIpc) is 3.84. The van der Waals surface area contributed by atoms with Crippen LogP contribution >= 0.6 is 11.3 Å². The summed E-state index contributed by atoms with van der Waals surface area (Å²) in [4.78, 5) is 4.87. The van der Waals surface area contributed by atoms with E-state index in [1.54, 1.807) is 0 Å². The van der Waals surface area contributed by atoms with Crippen molar-refractivity contribution < 1.29 is 0 Å². The fraction of sp³-hybridized carbons (Fsp3) is 0.0645. The Morgan fingerprint density at radius 3 is 1.62 bits per heavy atom. The molecule has 0 amide bonds. The van der Waals surface area contributed by atoms with Gasteiger partial charge in [0.1, 0.15) is 0 Å². The molecular weight excluding hydrogens is 805 g/mol. The van der Waals surface area contributed by atoms with Crippen LogP contribution in [-0.2, 0) is 5.41 Å². The van der Waals surface area contributed by atoms with E-state index in [2.05, 4.69) is 255 Å². The molecule has 1 aliphatic carbocycles. The first kappa shape index (κ1) is 38.9. The van der Waals surface area contributed by atoms with Crippen molar-refractivity contribution in [3.05, 3.63) is 241 Å². The third kappa shape index (κ3) is 6.62. The molecule has 12 rings (SSSR count). The molecule has 0 spiro atoms. The Morgan fingerprint density at radius 1 is 0.338 bits per heavy atom. The summed E-state index contributed by atoms with van der Waals surface area (Å²) in [5.41, 5.74) is 17.8. The lowest BCUT2D eigenvalue weighted by Crippen LogP contribution is -2.15. The van der Waals surface area contributed by atoms with E-state index in [0.717, 1.165) is 39.7 Å². The molecular formula is C62H46N2S. The van der Waals surface area contributed by atoms with Gasteiger partial charge in [-0.25, -0.2) is 0 Å². The molecule has 1 heterocycles. The molecule has 0 fully saturated rings. The Kier molecular flexibility index (Phi) is 9.29. The van der Waals surface area contributed by atoms with Gasteiger partial charge in [-0.05, 0) is 147 Å². The summed E-state index contributed by atoms with van der Waals surface area (Å²) in [7, 11) is 0. The Hall–Kier alpha value is -7.72. The number of hydrogen-bond donors (Lipinski definition) is 0. The summed E-state index contributed by atoms with van der Waals surface area (Å²) in [5.74, 6) is 0. The lowest BCUT2D eigenvalue weighted by molar-refractivity contribution is 0.661. The van der Waals surface area contributed by atoms with Crippen LogP contribution in [0.4, 0.5) is 34.1 Å². The number of para-hydroxylation sites is 1. The molecule has 0 saturated carbocycles. The number of hydrogen-bond acceptors (Lipinski definition) is 3. The summed E-state index contributed by atoms with van der Waals surface area (Å²) in [5, 5.41) is 5.09. The Balaban J connectivity index is 1.14. The van der Waals surface area contributed by atoms with Crippen molar-refractivity contribution in [2.45, 2.75) is 26.2 Å². The van der Waals surface area contributed by atoms with E-state index in [1.165, 1.54) is 75.5 Å². The Morgan fingerprint density at radius 2 is 0.877 bits per heavy atom. The second-order valence-electron chi connectivity index (χ2n) is 17.8. The number of rotatable bonds is 8. The minimum Gasteiger partial charge on any atom is -0.310 e. The molecule has 310 valence electrons. The van der Waals surface area contributed by atoms with Gasteiger partial charge in [0.2, 0.25) is 0 Å². The molecule has 1 aromatic heterocycles. The van der Waals surface area contributed by atoms with Crippen LogP contribution in [0.2, 0.25) is 0 Å². The van der Waals surface area contributed by atoms with E-state index in [9.17, 15) is 0 Å². The molecule has 0 unspecified atom stereocenters. The zero-order valence-electron chi connectivity index (χ0n) is 36.7. The van der Waals surface area contributed by atoms with Gasteiger partial charge in [0.05, 0.1) is 0 Å². The third-order valence-corrected chi connectivity index (χ3v) is 14.6. The topological polar surface area (TPSA) is 6.48 Å². The van der Waals surface area contributed by atoms with Gasteiger partial charge in [0.15, 0.2) is 0 Å². The average molecular weight is 851 g/mol. The van der Waals surface area contributed by atoms with E-state index in [4.69, 9.17) is 0 Å². The highest BCUT2D eigenvalue weighted by atomic mass is 32.1. The van der Waals surface area contributed by atoms with E-state index in [-0.39, 0.29) is 5.41 Å². The molecule has 0 N–H and O–H groups in total. The van der Waals surface area contributed by atoms with Crippen LogP contribution in [0.1, 0.15) is 30.5 Å². The van der Waals surface area contributed by atoms with Crippen molar-refractivity contribution in [2.24, 2.45) is 0 Å². The van der Waals surface area contributed by atoms with Gasteiger partial charge in [0, 0.05) is 59.7 Å². The lowest BCUT2D eigenvalue weighted by Gasteiger charge is -2.31. The second-order valence-corrected chi connectivity index (χ2v) is 18.9. The molecule has 11 aromatic rings. The summed E-state index contributed by atoms with van der Waals surface area (Å²) in [6.45, 7) is 6.94. The van der Waals surface area contributed by atoms with Crippen molar-refractivity contribution in [3.63, 3.8) is 0 Å². The fourth-order valence-electron chi connectivity index (χ4n) is 10.2. The number of aryl methyl sites for hydroxylation is 1. The first-order chi connectivity index (χ1) is 31.9. The van der Waals surface area contributed by atoms with Crippen molar-refractivity contribution >= 4 is 76.4 Å². The number of thiophene rings is 1. The standard InChI is InChI=1S/C62H46N2S/c1-41-26-30-46(31-27-41)64(48-34-35-60-56(39-48)52-21-13-15-25-59(52)65-60)50-37-44(55-40-58-61(53-22-11-10-20-51(53)55)54-23-12-14-24-57(54)62(58,2)3)36-49(38-50)63(45-18-8-5-9-19-45)47-32-28-43(29-33-47)42-16-6-4-7-17-42/h4-40H,1-3H3. The van der Waals surface area contributed by atoms with E-state index < -0.39 is 0 Å². The van der Waals surface area contributed by atoms with Gasteiger partial charge < -0.3 is 9.80 Å². The maximum absolute atomic E-state index is 2.50. The number of fused-ring (bicyclic) bond motifs is 8. The molecule has 65 heavy (non-hydrogen) atoms. The number of nitrogens with zero attached hydrogens (tertiary/aromatic N) is 2. The van der Waals surface area contributed by atoms with E-state index >= 15 is 0 Å². The van der Waals surface area contributed by atoms with Gasteiger partial charge in [0.25, 0.3) is 0 Å². The van der Waals surface area contributed by atoms with E-state index in [0.29, 0.717) is 0 Å². The molecule has 0 saturated heterocycles. The first-order valence-corrected chi connectivity index (χ1v) is 23.3. The lowest BCUT2D eigenvalue weighted by atomic mass is 9.80. The van der Waals surface area contributed by atoms with Gasteiger partial charge in [-0.3, -0.25) is 0 Å². The molecule has 0 bridgehead atoms. The van der Waals surface area contributed by atoms with Gasteiger partial charge in [-0.15, -0.1) is 11.3 Å². The van der Waals surface area contributed by atoms with Crippen LogP contribution in [0, 0.1) is 6.92 Å². The zero-order chi connectivity index (χ0) is 43.6. The Bertz CT molecular complexity index is 3570. The number of benzene rings is 10. The summed E-state index contributed by atoms with van der Waals surface area (Å²) in [6, 6.07) is 83.0. The van der Waals surface area contributed by atoms with Crippen molar-refractivity contribution in [1.82, 2.24) is 0 Å². The quantitative estimate of drug-likeness (QED) is 0.150. The van der Waals surface area contributed by atoms with Crippen LogP contribution in [0.25, 0.3) is 64.3 Å². The van der Waals surface area contributed by atoms with Gasteiger partial charge in [-0.1, -0.05) is 159 Å². The smallest absolute Gasteiger partial charge is 0.0488 e. The minimum atomic E-state index is -0.172. The summed E-state index contributed by atoms with van der Waals surface area (Å²) < 4.78 is 2.59. The summed E-state index contributed by atoms with van der Waals surface area (Å²) >= 11 is 1.86. The number of anilines is 6. The normalized spacial score (nSPS) is 12.7. The van der Waals surface area contributed by atoms with Crippen LogP contribution in [-0.4, -0.2) is 0 Å². The predicted octanol–water partition coefficient (Wildman–Crippen LogP) is 18.1. The largest absolute Gasteiger partial charge is 0.310 e. The van der Waals surface area contributed by atoms with E-state index in [1.807, 2.05) is 11.3 Å². The first-order valence-electron chi connectivity index (χ1n) is 22.5. The molecule has 10 aromatic carbocycles. The molecule has 0 aliphatic heterocycles. The molecule has 3 heteroatoms. The van der Waals surface area contributed by atoms with Crippen LogP contribution in [0.3, 0.4) is 0 Å². The highest BCUT2D eigenvalue weighted by Gasteiger charge is 2.37. The fourth-order valence-corrected chi connectivity index (χ4v) is 11.3. The third-order valence-electron chi connectivity index (χ3n) is 13.5. The van der Waals surface area contributed by atoms with Crippen molar-refractivity contribution in [1.29, 1.82) is 0 Å². The molecule has 0 atom stereocenters. The molecule has 2 nitrogen and oxygen atoms in total. The SMILES string of the molecule is Cc1ccc(N(c2cc(-c3cc4c(c5ccccc35)-c3ccccc3C4(C)C)cc(N(c3ccccc3)c3ccc(-c4ccccc4)cc3)c2)c2ccc3sc4ccccc4c3c2)cc1. The minimum absolute atomic E-state index is 0.172.